The molecule has 0 spiro atoms. The number of imidazole rings is 2. The molecule has 0 saturated heterocycles. The predicted molar refractivity (Wildman–Crippen MR) is 122 cm³/mol. The van der Waals surface area contributed by atoms with Gasteiger partial charge in [0.2, 0.25) is 0 Å². The van der Waals surface area contributed by atoms with Gasteiger partial charge in [-0.2, -0.15) is 5.26 Å². The Labute approximate surface area is 189 Å². The Balaban J connectivity index is 1.39. The van der Waals surface area contributed by atoms with Crippen molar-refractivity contribution in [3.05, 3.63) is 106 Å². The van der Waals surface area contributed by atoms with Crippen LogP contribution in [0.3, 0.4) is 0 Å². The second kappa shape index (κ2) is 8.50. The van der Waals surface area contributed by atoms with E-state index in [1.54, 1.807) is 0 Å². The summed E-state index contributed by atoms with van der Waals surface area (Å²) in [6.45, 7) is 2.37. The van der Waals surface area contributed by atoms with Crippen molar-refractivity contribution in [2.24, 2.45) is 0 Å². The molecule has 31 heavy (non-hydrogen) atoms. The third-order valence-corrected chi connectivity index (χ3v) is 6.20. The molecule has 6 nitrogen and oxygen atoms in total. The molecule has 4 aromatic rings. The van der Waals surface area contributed by atoms with E-state index in [-0.39, 0.29) is 6.04 Å². The Morgan fingerprint density at radius 1 is 1.10 bits per heavy atom. The number of hydrogen-bond donors (Lipinski definition) is 1. The number of halogens is 1. The lowest BCUT2D eigenvalue weighted by Gasteiger charge is -2.25. The van der Waals surface area contributed by atoms with Gasteiger partial charge >= 0.3 is 0 Å². The number of fused-ring (bicyclic) bond motifs is 1. The first-order valence-corrected chi connectivity index (χ1v) is 11.0. The summed E-state index contributed by atoms with van der Waals surface area (Å²) in [4.78, 5) is 9.16. The number of aromatic nitrogens is 4. The third kappa shape index (κ3) is 4.05. The number of rotatable bonds is 5. The molecular weight excluding hydrogens is 452 g/mol. The maximum Gasteiger partial charge on any atom is 0.0991 e. The highest BCUT2D eigenvalue weighted by Crippen LogP contribution is 2.29. The fourth-order valence-electron chi connectivity index (χ4n) is 4.14. The van der Waals surface area contributed by atoms with Crippen molar-refractivity contribution in [3.63, 3.8) is 0 Å². The molecule has 0 amide bonds. The summed E-state index contributed by atoms with van der Waals surface area (Å²) >= 11 is 3.58. The molecule has 1 aliphatic rings. The van der Waals surface area contributed by atoms with Crippen LogP contribution >= 0.6 is 15.9 Å². The molecule has 1 aliphatic heterocycles. The molecule has 3 heterocycles. The van der Waals surface area contributed by atoms with Gasteiger partial charge in [-0.15, -0.1) is 0 Å². The molecule has 154 valence electrons. The zero-order chi connectivity index (χ0) is 21.2. The van der Waals surface area contributed by atoms with Crippen LogP contribution in [0.25, 0.3) is 0 Å². The standard InChI is InChI=1S/C24H21BrN6/c25-20-3-1-2-19(10-20)23-24-22(8-9-28-23)31(16-29-24)14-21-12-27-15-30(21)13-18-6-4-17(11-26)5-7-18/h1-7,10,12,15-16,23,28H,8-9,13-14H2. The van der Waals surface area contributed by atoms with Crippen LogP contribution < -0.4 is 5.32 Å². The van der Waals surface area contributed by atoms with E-state index in [9.17, 15) is 0 Å². The SMILES string of the molecule is N#Cc1ccc(Cn2cncc2Cn2cnc3c2CCNC3c2cccc(Br)c2)cc1. The maximum absolute atomic E-state index is 8.99. The van der Waals surface area contributed by atoms with Gasteiger partial charge in [0.1, 0.15) is 0 Å². The van der Waals surface area contributed by atoms with E-state index in [1.807, 2.05) is 49.2 Å². The molecule has 2 aromatic heterocycles. The van der Waals surface area contributed by atoms with Crippen LogP contribution in [0.1, 0.15) is 39.8 Å². The van der Waals surface area contributed by atoms with E-state index in [4.69, 9.17) is 10.2 Å². The zero-order valence-electron chi connectivity index (χ0n) is 16.9. The summed E-state index contributed by atoms with van der Waals surface area (Å²) in [5.41, 5.74) is 6.53. The highest BCUT2D eigenvalue weighted by Gasteiger charge is 2.26. The highest BCUT2D eigenvalue weighted by molar-refractivity contribution is 9.10. The van der Waals surface area contributed by atoms with Crippen LogP contribution in [0.5, 0.6) is 0 Å². The summed E-state index contributed by atoms with van der Waals surface area (Å²) in [5, 5.41) is 12.6. The lowest BCUT2D eigenvalue weighted by atomic mass is 9.98. The summed E-state index contributed by atoms with van der Waals surface area (Å²) in [6, 6.07) is 18.4. The quantitative estimate of drug-likeness (QED) is 0.475. The van der Waals surface area contributed by atoms with Gasteiger partial charge in [-0.05, 0) is 35.4 Å². The first-order valence-electron chi connectivity index (χ1n) is 10.2. The largest absolute Gasteiger partial charge is 0.328 e. The summed E-state index contributed by atoms with van der Waals surface area (Å²) in [6.07, 6.45) is 6.68. The second-order valence-corrected chi connectivity index (χ2v) is 8.63. The maximum atomic E-state index is 8.99. The first-order chi connectivity index (χ1) is 15.2. The Morgan fingerprint density at radius 3 is 2.77 bits per heavy atom. The zero-order valence-corrected chi connectivity index (χ0v) is 18.5. The fraction of sp³-hybridized carbons (Fsp3) is 0.208. The Kier molecular flexibility index (Phi) is 5.41. The van der Waals surface area contributed by atoms with Gasteiger partial charge in [-0.25, -0.2) is 9.97 Å². The molecule has 5 rings (SSSR count). The van der Waals surface area contributed by atoms with Gasteiger partial charge in [0.25, 0.3) is 0 Å². The molecule has 0 aliphatic carbocycles. The molecule has 1 atom stereocenters. The second-order valence-electron chi connectivity index (χ2n) is 7.72. The van der Waals surface area contributed by atoms with Crippen molar-refractivity contribution in [2.75, 3.05) is 6.54 Å². The Morgan fingerprint density at radius 2 is 1.97 bits per heavy atom. The molecular formula is C24H21BrN6. The van der Waals surface area contributed by atoms with Gasteiger partial charge in [0.15, 0.2) is 0 Å². The van der Waals surface area contributed by atoms with Crippen LogP contribution in [0, 0.1) is 11.3 Å². The van der Waals surface area contributed by atoms with Gasteiger partial charge < -0.3 is 14.5 Å². The molecule has 7 heteroatoms. The monoisotopic (exact) mass is 472 g/mol. The van der Waals surface area contributed by atoms with E-state index in [0.29, 0.717) is 5.56 Å². The molecule has 1 unspecified atom stereocenters. The van der Waals surface area contributed by atoms with Crippen molar-refractivity contribution in [2.45, 2.75) is 25.6 Å². The first kappa shape index (κ1) is 19.7. The molecule has 1 N–H and O–H groups in total. The number of nitrogens with one attached hydrogen (secondary N) is 1. The number of nitrogens with zero attached hydrogens (tertiary/aromatic N) is 5. The Bertz CT molecular complexity index is 1250. The van der Waals surface area contributed by atoms with Gasteiger partial charge in [-0.1, -0.05) is 40.2 Å². The highest BCUT2D eigenvalue weighted by atomic mass is 79.9. The Hall–Kier alpha value is -3.21. The molecule has 0 fully saturated rings. The number of benzene rings is 2. The van der Waals surface area contributed by atoms with E-state index in [0.717, 1.165) is 47.5 Å². The minimum absolute atomic E-state index is 0.103. The summed E-state index contributed by atoms with van der Waals surface area (Å²) in [5.74, 6) is 0. The average Bonchev–Trinajstić information content (AvgIpc) is 3.41. The number of nitriles is 1. The fourth-order valence-corrected chi connectivity index (χ4v) is 4.56. The summed E-state index contributed by atoms with van der Waals surface area (Å²) < 4.78 is 5.47. The smallest absolute Gasteiger partial charge is 0.0991 e. The minimum atomic E-state index is 0.103. The van der Waals surface area contributed by atoms with E-state index in [2.05, 4.69) is 59.6 Å². The van der Waals surface area contributed by atoms with Crippen molar-refractivity contribution in [1.82, 2.24) is 24.4 Å². The van der Waals surface area contributed by atoms with E-state index >= 15 is 0 Å². The normalized spacial score (nSPS) is 15.4. The molecule has 2 aromatic carbocycles. The topological polar surface area (TPSA) is 71.5 Å². The summed E-state index contributed by atoms with van der Waals surface area (Å²) in [7, 11) is 0. The van der Waals surface area contributed by atoms with E-state index in [1.165, 1.54) is 11.3 Å². The van der Waals surface area contributed by atoms with Crippen molar-refractivity contribution in [1.29, 1.82) is 5.26 Å². The van der Waals surface area contributed by atoms with Gasteiger partial charge in [0.05, 0.1) is 48.3 Å². The lowest BCUT2D eigenvalue weighted by Crippen LogP contribution is -2.31. The van der Waals surface area contributed by atoms with Crippen LogP contribution in [0.4, 0.5) is 0 Å². The third-order valence-electron chi connectivity index (χ3n) is 5.71. The van der Waals surface area contributed by atoms with Crippen LogP contribution in [-0.2, 0) is 19.5 Å². The minimum Gasteiger partial charge on any atom is -0.328 e. The molecule has 0 saturated carbocycles. The lowest BCUT2D eigenvalue weighted by molar-refractivity contribution is 0.537. The van der Waals surface area contributed by atoms with E-state index < -0.39 is 0 Å². The van der Waals surface area contributed by atoms with Gasteiger partial charge in [0, 0.05) is 35.9 Å². The van der Waals surface area contributed by atoms with Gasteiger partial charge in [-0.3, -0.25) is 0 Å². The van der Waals surface area contributed by atoms with Crippen LogP contribution in [0.2, 0.25) is 0 Å². The molecule has 0 bridgehead atoms. The predicted octanol–water partition coefficient (Wildman–Crippen LogP) is 4.05. The average molecular weight is 473 g/mol. The van der Waals surface area contributed by atoms with Crippen molar-refractivity contribution >= 4 is 15.9 Å². The van der Waals surface area contributed by atoms with Crippen LogP contribution in [0.15, 0.2) is 71.9 Å². The number of hydrogen-bond acceptors (Lipinski definition) is 4. The van der Waals surface area contributed by atoms with Crippen molar-refractivity contribution < 1.29 is 0 Å². The van der Waals surface area contributed by atoms with Crippen molar-refractivity contribution in [3.8, 4) is 6.07 Å². The van der Waals surface area contributed by atoms with Crippen LogP contribution in [-0.4, -0.2) is 25.6 Å². The molecule has 0 radical (unpaired) electrons.